The molecule has 0 saturated heterocycles. The van der Waals surface area contributed by atoms with Crippen LogP contribution in [0.1, 0.15) is 116 Å². The van der Waals surface area contributed by atoms with Crippen LogP contribution in [-0.2, 0) is 6.42 Å². The van der Waals surface area contributed by atoms with E-state index in [1.807, 2.05) is 27.7 Å². The lowest BCUT2D eigenvalue weighted by Gasteiger charge is -2.23. The van der Waals surface area contributed by atoms with Gasteiger partial charge in [-0.15, -0.1) is 0 Å². The fourth-order valence-electron chi connectivity index (χ4n) is 3.46. The molecule has 0 bridgehead atoms. The van der Waals surface area contributed by atoms with Crippen molar-refractivity contribution in [1.82, 2.24) is 0 Å². The van der Waals surface area contributed by atoms with E-state index in [4.69, 9.17) is 0 Å². The maximum absolute atomic E-state index is 12.0. The molecule has 0 heterocycles. The quantitative estimate of drug-likeness (QED) is 0.521. The van der Waals surface area contributed by atoms with Crippen LogP contribution in [0.15, 0.2) is 6.07 Å². The van der Waals surface area contributed by atoms with Crippen LogP contribution in [0.3, 0.4) is 0 Å². The van der Waals surface area contributed by atoms with Crippen LogP contribution in [0.2, 0.25) is 0 Å². The molecule has 0 atom stereocenters. The largest absolute Gasteiger partial charge is 0.478 e. The SMILES string of the molecule is CCCCCCCc1c(C(=O)O)cc(C(C)C)c(C(C)C)c1C(=O)O. The molecule has 0 fully saturated rings. The average Bonchev–Trinajstić information content (AvgIpc) is 2.52. The summed E-state index contributed by atoms with van der Waals surface area (Å²) in [6, 6.07) is 1.70. The van der Waals surface area contributed by atoms with Crippen LogP contribution in [0, 0.1) is 0 Å². The molecule has 4 heteroatoms. The molecule has 4 nitrogen and oxygen atoms in total. The Bertz CT molecular complexity index is 615. The smallest absolute Gasteiger partial charge is 0.336 e. The highest BCUT2D eigenvalue weighted by Crippen LogP contribution is 2.34. The Hall–Kier alpha value is -1.84. The fraction of sp³-hybridized carbons (Fsp3) is 0.619. The van der Waals surface area contributed by atoms with Crippen molar-refractivity contribution in [1.29, 1.82) is 0 Å². The molecule has 0 aliphatic heterocycles. The van der Waals surface area contributed by atoms with Crippen LogP contribution in [0.5, 0.6) is 0 Å². The predicted molar refractivity (Wildman–Crippen MR) is 101 cm³/mol. The summed E-state index contributed by atoms with van der Waals surface area (Å²) >= 11 is 0. The first kappa shape index (κ1) is 21.2. The maximum atomic E-state index is 12.0. The summed E-state index contributed by atoms with van der Waals surface area (Å²) in [5.41, 5.74) is 2.48. The predicted octanol–water partition coefficient (Wildman–Crippen LogP) is 5.84. The van der Waals surface area contributed by atoms with Gasteiger partial charge in [0.1, 0.15) is 0 Å². The summed E-state index contributed by atoms with van der Waals surface area (Å²) < 4.78 is 0. The third-order valence-corrected chi connectivity index (χ3v) is 4.68. The minimum atomic E-state index is -1.04. The second kappa shape index (κ2) is 9.59. The molecule has 2 N–H and O–H groups in total. The summed E-state index contributed by atoms with van der Waals surface area (Å²) in [6.45, 7) is 10.0. The molecular formula is C21H32O4. The summed E-state index contributed by atoms with van der Waals surface area (Å²) in [5, 5.41) is 19.5. The summed E-state index contributed by atoms with van der Waals surface area (Å²) in [7, 11) is 0. The molecule has 0 aromatic heterocycles. The average molecular weight is 348 g/mol. The number of rotatable bonds is 10. The van der Waals surface area contributed by atoms with Crippen molar-refractivity contribution in [3.8, 4) is 0 Å². The number of unbranched alkanes of at least 4 members (excludes halogenated alkanes) is 4. The number of hydrogen-bond acceptors (Lipinski definition) is 2. The number of aromatic carboxylic acids is 2. The van der Waals surface area contributed by atoms with Gasteiger partial charge < -0.3 is 10.2 Å². The van der Waals surface area contributed by atoms with E-state index in [9.17, 15) is 19.8 Å². The fourth-order valence-corrected chi connectivity index (χ4v) is 3.46. The van der Waals surface area contributed by atoms with E-state index in [-0.39, 0.29) is 23.0 Å². The zero-order valence-corrected chi connectivity index (χ0v) is 16.2. The van der Waals surface area contributed by atoms with E-state index >= 15 is 0 Å². The molecule has 25 heavy (non-hydrogen) atoms. The molecule has 0 unspecified atom stereocenters. The van der Waals surface area contributed by atoms with E-state index in [1.165, 1.54) is 0 Å². The highest BCUT2D eigenvalue weighted by atomic mass is 16.4. The van der Waals surface area contributed by atoms with Gasteiger partial charge in [-0.2, -0.15) is 0 Å². The Morgan fingerprint density at radius 3 is 1.96 bits per heavy atom. The Morgan fingerprint density at radius 1 is 0.920 bits per heavy atom. The lowest BCUT2D eigenvalue weighted by Crippen LogP contribution is -2.17. The first-order valence-corrected chi connectivity index (χ1v) is 9.38. The summed E-state index contributed by atoms with van der Waals surface area (Å²) in [4.78, 5) is 23.8. The van der Waals surface area contributed by atoms with Crippen molar-refractivity contribution in [2.24, 2.45) is 0 Å². The molecule has 140 valence electrons. The first-order valence-electron chi connectivity index (χ1n) is 9.38. The number of benzene rings is 1. The van der Waals surface area contributed by atoms with E-state index < -0.39 is 11.9 Å². The highest BCUT2D eigenvalue weighted by molar-refractivity contribution is 5.98. The zero-order valence-electron chi connectivity index (χ0n) is 16.2. The molecular weight excluding hydrogens is 316 g/mol. The van der Waals surface area contributed by atoms with Crippen molar-refractivity contribution >= 4 is 11.9 Å². The number of hydrogen-bond donors (Lipinski definition) is 2. The molecule has 1 aromatic carbocycles. The van der Waals surface area contributed by atoms with Gasteiger partial charge in [0.15, 0.2) is 0 Å². The molecule has 0 aliphatic carbocycles. The van der Waals surface area contributed by atoms with Crippen molar-refractivity contribution in [3.63, 3.8) is 0 Å². The maximum Gasteiger partial charge on any atom is 0.336 e. The second-order valence-electron chi connectivity index (χ2n) is 7.36. The van der Waals surface area contributed by atoms with Gasteiger partial charge in [-0.1, -0.05) is 60.3 Å². The van der Waals surface area contributed by atoms with Gasteiger partial charge in [0, 0.05) is 0 Å². The van der Waals surface area contributed by atoms with E-state index in [2.05, 4.69) is 6.92 Å². The van der Waals surface area contributed by atoms with E-state index in [0.29, 0.717) is 12.0 Å². The van der Waals surface area contributed by atoms with E-state index in [0.717, 1.165) is 43.2 Å². The lowest BCUT2D eigenvalue weighted by molar-refractivity contribution is 0.0693. The van der Waals surface area contributed by atoms with Crippen LogP contribution >= 0.6 is 0 Å². The minimum Gasteiger partial charge on any atom is -0.478 e. The van der Waals surface area contributed by atoms with Gasteiger partial charge >= 0.3 is 11.9 Å². The van der Waals surface area contributed by atoms with Gasteiger partial charge in [0.25, 0.3) is 0 Å². The Balaban J connectivity index is 3.46. The second-order valence-corrected chi connectivity index (χ2v) is 7.36. The van der Waals surface area contributed by atoms with Gasteiger partial charge in [-0.05, 0) is 47.4 Å². The number of carboxylic acids is 2. The van der Waals surface area contributed by atoms with E-state index in [1.54, 1.807) is 6.07 Å². The van der Waals surface area contributed by atoms with Gasteiger partial charge in [-0.3, -0.25) is 0 Å². The van der Waals surface area contributed by atoms with Crippen molar-refractivity contribution in [2.45, 2.75) is 85.0 Å². The van der Waals surface area contributed by atoms with Crippen molar-refractivity contribution in [2.75, 3.05) is 0 Å². The summed E-state index contributed by atoms with van der Waals surface area (Å²) in [6.07, 6.45) is 5.71. The molecule has 0 aliphatic rings. The molecule has 0 radical (unpaired) electrons. The standard InChI is InChI=1S/C21H32O4/c1-6-7-8-9-10-11-15-17(20(22)23)12-16(13(2)3)18(14(4)5)19(15)21(24)25/h12-14H,6-11H2,1-5H3,(H,22,23)(H,24,25). The highest BCUT2D eigenvalue weighted by Gasteiger charge is 2.27. The molecule has 0 saturated carbocycles. The van der Waals surface area contributed by atoms with Gasteiger partial charge in [0.2, 0.25) is 0 Å². The minimum absolute atomic E-state index is 0.0326. The number of carboxylic acid groups (broad SMARTS) is 2. The normalized spacial score (nSPS) is 11.3. The summed E-state index contributed by atoms with van der Waals surface area (Å²) in [5.74, 6) is -1.95. The van der Waals surface area contributed by atoms with Crippen molar-refractivity contribution in [3.05, 3.63) is 33.9 Å². The Morgan fingerprint density at radius 2 is 1.52 bits per heavy atom. The Labute approximate surface area is 151 Å². The topological polar surface area (TPSA) is 74.6 Å². The first-order chi connectivity index (χ1) is 11.7. The zero-order chi connectivity index (χ0) is 19.1. The van der Waals surface area contributed by atoms with Crippen LogP contribution in [0.25, 0.3) is 0 Å². The molecule has 1 aromatic rings. The van der Waals surface area contributed by atoms with Crippen LogP contribution in [0.4, 0.5) is 0 Å². The number of carbonyl (C=O) groups is 2. The van der Waals surface area contributed by atoms with Crippen LogP contribution < -0.4 is 0 Å². The van der Waals surface area contributed by atoms with Crippen molar-refractivity contribution < 1.29 is 19.8 Å². The third kappa shape index (κ3) is 5.32. The molecule has 0 spiro atoms. The monoisotopic (exact) mass is 348 g/mol. The van der Waals surface area contributed by atoms with Gasteiger partial charge in [0.05, 0.1) is 11.1 Å². The van der Waals surface area contributed by atoms with Gasteiger partial charge in [-0.25, -0.2) is 9.59 Å². The Kier molecular flexibility index (Phi) is 8.14. The molecule has 0 amide bonds. The lowest BCUT2D eigenvalue weighted by atomic mass is 9.81. The molecule has 1 rings (SSSR count). The third-order valence-electron chi connectivity index (χ3n) is 4.68. The van der Waals surface area contributed by atoms with Crippen LogP contribution in [-0.4, -0.2) is 22.2 Å².